The molecule has 0 saturated heterocycles. The summed E-state index contributed by atoms with van der Waals surface area (Å²) in [6, 6.07) is 10.3. The lowest BCUT2D eigenvalue weighted by Gasteiger charge is -2.13. The first-order valence-electron chi connectivity index (χ1n) is 5.94. The van der Waals surface area contributed by atoms with Gasteiger partial charge in [0.1, 0.15) is 12.4 Å². The van der Waals surface area contributed by atoms with Crippen LogP contribution in [0, 0.1) is 0 Å². The summed E-state index contributed by atoms with van der Waals surface area (Å²) in [6.45, 7) is 4.51. The van der Waals surface area contributed by atoms with Crippen molar-refractivity contribution in [3.63, 3.8) is 0 Å². The van der Waals surface area contributed by atoms with Crippen LogP contribution in [0.15, 0.2) is 40.2 Å². The predicted molar refractivity (Wildman–Crippen MR) is 80.2 cm³/mol. The molecule has 0 atom stereocenters. The third kappa shape index (κ3) is 3.57. The average Bonchev–Trinajstić information content (AvgIpc) is 2.88. The summed E-state index contributed by atoms with van der Waals surface area (Å²) in [5.41, 5.74) is 1.18. The van der Waals surface area contributed by atoms with Crippen molar-refractivity contribution < 1.29 is 4.74 Å². The maximum Gasteiger partial charge on any atom is 0.138 e. The maximum absolute atomic E-state index is 5.93. The van der Waals surface area contributed by atoms with Crippen LogP contribution in [0.3, 0.4) is 0 Å². The number of nitrogens with one attached hydrogen (secondary N) is 1. The fourth-order valence-corrected chi connectivity index (χ4v) is 2.79. The number of para-hydroxylation sites is 1. The Morgan fingerprint density at radius 1 is 1.28 bits per heavy atom. The Bertz CT molecular complexity index is 485. The molecule has 0 amide bonds. The summed E-state index contributed by atoms with van der Waals surface area (Å²) >= 11 is 5.27. The van der Waals surface area contributed by atoms with Crippen LogP contribution in [0.1, 0.15) is 17.4 Å². The monoisotopic (exact) mass is 325 g/mol. The lowest BCUT2D eigenvalue weighted by Crippen LogP contribution is -2.13. The van der Waals surface area contributed by atoms with E-state index in [0.717, 1.165) is 23.3 Å². The number of rotatable bonds is 6. The van der Waals surface area contributed by atoms with Crippen molar-refractivity contribution in [1.29, 1.82) is 0 Å². The highest BCUT2D eigenvalue weighted by atomic mass is 79.9. The molecule has 1 aromatic heterocycles. The lowest BCUT2D eigenvalue weighted by molar-refractivity contribution is 0.303. The van der Waals surface area contributed by atoms with Gasteiger partial charge in [-0.15, -0.1) is 11.3 Å². The van der Waals surface area contributed by atoms with Crippen molar-refractivity contribution in [2.24, 2.45) is 0 Å². The van der Waals surface area contributed by atoms with E-state index in [1.807, 2.05) is 18.2 Å². The lowest BCUT2D eigenvalue weighted by atomic mass is 10.2. The minimum Gasteiger partial charge on any atom is -0.487 e. The van der Waals surface area contributed by atoms with Gasteiger partial charge in [-0.1, -0.05) is 25.1 Å². The van der Waals surface area contributed by atoms with Gasteiger partial charge in [-0.2, -0.15) is 0 Å². The number of ether oxygens (including phenoxy) is 1. The van der Waals surface area contributed by atoms with Gasteiger partial charge in [0.05, 0.1) is 4.47 Å². The quantitative estimate of drug-likeness (QED) is 0.859. The smallest absolute Gasteiger partial charge is 0.138 e. The first kappa shape index (κ1) is 13.6. The van der Waals surface area contributed by atoms with Gasteiger partial charge in [-0.25, -0.2) is 0 Å². The van der Waals surface area contributed by atoms with E-state index in [9.17, 15) is 0 Å². The molecular weight excluding hydrogens is 310 g/mol. The first-order valence-corrected chi connectivity index (χ1v) is 7.61. The van der Waals surface area contributed by atoms with Gasteiger partial charge in [-0.3, -0.25) is 0 Å². The van der Waals surface area contributed by atoms with Crippen molar-refractivity contribution >= 4 is 27.3 Å². The van der Waals surface area contributed by atoms with E-state index in [0.29, 0.717) is 6.61 Å². The van der Waals surface area contributed by atoms with Gasteiger partial charge in [0.25, 0.3) is 0 Å². The molecule has 0 spiro atoms. The molecule has 0 unspecified atom stereocenters. The number of hydrogen-bond acceptors (Lipinski definition) is 3. The molecule has 0 fully saturated rings. The van der Waals surface area contributed by atoms with Gasteiger partial charge in [0.2, 0.25) is 0 Å². The number of benzene rings is 1. The number of thiophene rings is 1. The molecule has 0 aliphatic carbocycles. The van der Waals surface area contributed by atoms with Gasteiger partial charge in [0.15, 0.2) is 0 Å². The molecule has 4 heteroatoms. The Kier molecular flexibility index (Phi) is 5.23. The predicted octanol–water partition coefficient (Wildman–Crippen LogP) is 4.20. The van der Waals surface area contributed by atoms with Crippen LogP contribution in [-0.2, 0) is 13.2 Å². The van der Waals surface area contributed by atoms with Crippen molar-refractivity contribution in [2.45, 2.75) is 20.1 Å². The van der Waals surface area contributed by atoms with Crippen LogP contribution in [0.4, 0.5) is 0 Å². The fraction of sp³-hybridized carbons (Fsp3) is 0.286. The van der Waals surface area contributed by atoms with E-state index >= 15 is 0 Å². The highest BCUT2D eigenvalue weighted by Crippen LogP contribution is 2.30. The first-order chi connectivity index (χ1) is 8.81. The highest BCUT2D eigenvalue weighted by molar-refractivity contribution is 9.10. The van der Waals surface area contributed by atoms with E-state index in [4.69, 9.17) is 4.74 Å². The molecule has 18 heavy (non-hydrogen) atoms. The molecule has 2 aromatic rings. The molecule has 0 aliphatic heterocycles. The molecule has 1 N–H and O–H groups in total. The maximum atomic E-state index is 5.93. The van der Waals surface area contributed by atoms with E-state index in [1.165, 1.54) is 10.4 Å². The van der Waals surface area contributed by atoms with Crippen molar-refractivity contribution in [1.82, 2.24) is 5.32 Å². The van der Waals surface area contributed by atoms with E-state index in [1.54, 1.807) is 11.3 Å². The molecule has 1 heterocycles. The third-order valence-electron chi connectivity index (χ3n) is 2.55. The van der Waals surface area contributed by atoms with Crippen LogP contribution in [0.5, 0.6) is 5.75 Å². The number of hydrogen-bond donors (Lipinski definition) is 1. The van der Waals surface area contributed by atoms with Crippen molar-refractivity contribution in [3.05, 3.63) is 50.6 Å². The van der Waals surface area contributed by atoms with Crippen LogP contribution in [0.25, 0.3) is 0 Å². The van der Waals surface area contributed by atoms with Crippen LogP contribution < -0.4 is 10.1 Å². The van der Waals surface area contributed by atoms with Crippen molar-refractivity contribution in [2.75, 3.05) is 6.54 Å². The van der Waals surface area contributed by atoms with Gasteiger partial charge < -0.3 is 10.1 Å². The van der Waals surface area contributed by atoms with Gasteiger partial charge >= 0.3 is 0 Å². The molecule has 0 bridgehead atoms. The second-order valence-electron chi connectivity index (χ2n) is 3.88. The zero-order valence-electron chi connectivity index (χ0n) is 10.3. The second kappa shape index (κ2) is 6.92. The topological polar surface area (TPSA) is 21.3 Å². The van der Waals surface area contributed by atoms with E-state index in [2.05, 4.69) is 45.7 Å². The van der Waals surface area contributed by atoms with Gasteiger partial charge in [0, 0.05) is 17.0 Å². The van der Waals surface area contributed by atoms with Crippen LogP contribution in [0.2, 0.25) is 0 Å². The number of halogens is 1. The largest absolute Gasteiger partial charge is 0.487 e. The molecule has 96 valence electrons. The molecule has 0 saturated carbocycles. The molecule has 0 radical (unpaired) electrons. The molecule has 0 aliphatic rings. The standard InChI is InChI=1S/C14H16BrNOS/c1-2-16-9-11-5-3-7-13(15)14(11)17-10-12-6-4-8-18-12/h3-8,16H,2,9-10H2,1H3. The highest BCUT2D eigenvalue weighted by Gasteiger charge is 2.08. The molecule has 1 aromatic carbocycles. The SMILES string of the molecule is CCNCc1cccc(Br)c1OCc1cccs1. The summed E-state index contributed by atoms with van der Waals surface area (Å²) in [4.78, 5) is 1.24. The summed E-state index contributed by atoms with van der Waals surface area (Å²) in [5, 5.41) is 5.39. The summed E-state index contributed by atoms with van der Waals surface area (Å²) in [6.07, 6.45) is 0. The van der Waals surface area contributed by atoms with Crippen molar-refractivity contribution in [3.8, 4) is 5.75 Å². The van der Waals surface area contributed by atoms with Crippen LogP contribution in [-0.4, -0.2) is 6.54 Å². The van der Waals surface area contributed by atoms with Gasteiger partial charge in [-0.05, 0) is 40.0 Å². The second-order valence-corrected chi connectivity index (χ2v) is 5.76. The Labute approximate surface area is 120 Å². The van der Waals surface area contributed by atoms with Crippen LogP contribution >= 0.6 is 27.3 Å². The minimum absolute atomic E-state index is 0.624. The van der Waals surface area contributed by atoms with E-state index in [-0.39, 0.29) is 0 Å². The molecular formula is C14H16BrNOS. The molecule has 2 rings (SSSR count). The Morgan fingerprint density at radius 3 is 2.89 bits per heavy atom. The minimum atomic E-state index is 0.624. The average molecular weight is 326 g/mol. The zero-order valence-corrected chi connectivity index (χ0v) is 12.7. The summed E-state index contributed by atoms with van der Waals surface area (Å²) in [7, 11) is 0. The zero-order chi connectivity index (χ0) is 12.8. The Morgan fingerprint density at radius 2 is 2.17 bits per heavy atom. The Balaban J connectivity index is 2.09. The van der Waals surface area contributed by atoms with E-state index < -0.39 is 0 Å². The third-order valence-corrected chi connectivity index (χ3v) is 4.03. The fourth-order valence-electron chi connectivity index (χ4n) is 1.65. The molecule has 2 nitrogen and oxygen atoms in total. The summed E-state index contributed by atoms with van der Waals surface area (Å²) < 4.78 is 6.94. The summed E-state index contributed by atoms with van der Waals surface area (Å²) in [5.74, 6) is 0.937. The Hall–Kier alpha value is -0.840. The normalized spacial score (nSPS) is 10.6.